The molecular weight excluding hydrogens is 339 g/mol. The number of carbonyl (C=O) groups excluding carboxylic acids is 3. The quantitative estimate of drug-likeness (QED) is 0.765. The van der Waals surface area contributed by atoms with E-state index in [1.807, 2.05) is 0 Å². The molecule has 0 spiro atoms. The number of hydrogen-bond donors (Lipinski definition) is 2. The molecule has 1 aromatic carbocycles. The molecule has 7 nitrogen and oxygen atoms in total. The summed E-state index contributed by atoms with van der Waals surface area (Å²) in [6.45, 7) is 0.190. The standard InChI is InChI=1S/C18H17FN4O3/c19-13-5-3-4-12(8-13)11-23-17(25)15(22-18(23)26)9-16(24)21-10-14-6-1-2-7-20-14/h1-8,15H,9-11H2,(H,21,24)(H,22,26)/t15-/m0/s1. The van der Waals surface area contributed by atoms with Crippen LogP contribution in [0.4, 0.5) is 9.18 Å². The molecule has 0 radical (unpaired) electrons. The zero-order valence-corrected chi connectivity index (χ0v) is 13.8. The lowest BCUT2D eigenvalue weighted by Gasteiger charge is -2.13. The Balaban J connectivity index is 1.55. The third kappa shape index (κ3) is 4.21. The maximum atomic E-state index is 13.2. The average Bonchev–Trinajstić information content (AvgIpc) is 2.88. The second kappa shape index (κ2) is 7.73. The summed E-state index contributed by atoms with van der Waals surface area (Å²) in [6.07, 6.45) is 1.45. The van der Waals surface area contributed by atoms with Gasteiger partial charge in [0.2, 0.25) is 5.91 Å². The minimum absolute atomic E-state index is 0.0471. The summed E-state index contributed by atoms with van der Waals surface area (Å²) >= 11 is 0. The van der Waals surface area contributed by atoms with Crippen LogP contribution < -0.4 is 10.6 Å². The lowest BCUT2D eigenvalue weighted by molar-refractivity contribution is -0.131. The van der Waals surface area contributed by atoms with E-state index in [4.69, 9.17) is 0 Å². The van der Waals surface area contributed by atoms with E-state index in [1.54, 1.807) is 30.5 Å². The van der Waals surface area contributed by atoms with Crippen molar-refractivity contribution in [3.8, 4) is 0 Å². The molecule has 2 heterocycles. The van der Waals surface area contributed by atoms with Crippen molar-refractivity contribution in [3.63, 3.8) is 0 Å². The van der Waals surface area contributed by atoms with Crippen LogP contribution in [0, 0.1) is 5.82 Å². The third-order valence-corrected chi connectivity index (χ3v) is 3.92. The molecule has 2 N–H and O–H groups in total. The summed E-state index contributed by atoms with van der Waals surface area (Å²) in [4.78, 5) is 41.5. The second-order valence-corrected chi connectivity index (χ2v) is 5.86. The number of halogens is 1. The van der Waals surface area contributed by atoms with E-state index >= 15 is 0 Å². The van der Waals surface area contributed by atoms with Crippen LogP contribution in [0.15, 0.2) is 48.7 Å². The second-order valence-electron chi connectivity index (χ2n) is 5.86. The molecule has 26 heavy (non-hydrogen) atoms. The van der Waals surface area contributed by atoms with Crippen LogP contribution in [0.5, 0.6) is 0 Å². The van der Waals surface area contributed by atoms with Gasteiger partial charge in [0, 0.05) is 6.20 Å². The Bertz CT molecular complexity index is 828. The van der Waals surface area contributed by atoms with E-state index in [-0.39, 0.29) is 25.4 Å². The number of benzene rings is 1. The minimum atomic E-state index is -0.931. The van der Waals surface area contributed by atoms with Crippen LogP contribution in [-0.2, 0) is 22.7 Å². The molecule has 0 saturated carbocycles. The number of hydrogen-bond acceptors (Lipinski definition) is 4. The minimum Gasteiger partial charge on any atom is -0.350 e. The molecule has 0 unspecified atom stereocenters. The number of rotatable bonds is 6. The normalized spacial score (nSPS) is 16.5. The van der Waals surface area contributed by atoms with E-state index in [9.17, 15) is 18.8 Å². The third-order valence-electron chi connectivity index (χ3n) is 3.92. The maximum Gasteiger partial charge on any atom is 0.325 e. The fourth-order valence-electron chi connectivity index (χ4n) is 2.63. The molecule has 0 aliphatic carbocycles. The van der Waals surface area contributed by atoms with E-state index < -0.39 is 23.8 Å². The van der Waals surface area contributed by atoms with Gasteiger partial charge in [0.25, 0.3) is 5.91 Å². The predicted octanol–water partition coefficient (Wildman–Crippen LogP) is 1.35. The molecule has 1 aliphatic heterocycles. The first-order chi connectivity index (χ1) is 12.5. The van der Waals surface area contributed by atoms with Gasteiger partial charge in [0.15, 0.2) is 0 Å². The van der Waals surface area contributed by atoms with Gasteiger partial charge in [-0.3, -0.25) is 19.5 Å². The van der Waals surface area contributed by atoms with Crippen molar-refractivity contribution in [1.82, 2.24) is 20.5 Å². The highest BCUT2D eigenvalue weighted by Crippen LogP contribution is 2.15. The van der Waals surface area contributed by atoms with Crippen molar-refractivity contribution in [3.05, 3.63) is 65.7 Å². The van der Waals surface area contributed by atoms with Crippen LogP contribution in [-0.4, -0.2) is 33.8 Å². The Hall–Kier alpha value is -3.29. The highest BCUT2D eigenvalue weighted by atomic mass is 19.1. The van der Waals surface area contributed by atoms with Crippen molar-refractivity contribution < 1.29 is 18.8 Å². The van der Waals surface area contributed by atoms with Gasteiger partial charge in [-0.1, -0.05) is 18.2 Å². The fraction of sp³-hybridized carbons (Fsp3) is 0.222. The maximum absolute atomic E-state index is 13.2. The van der Waals surface area contributed by atoms with Gasteiger partial charge in [-0.2, -0.15) is 0 Å². The first-order valence-corrected chi connectivity index (χ1v) is 8.06. The van der Waals surface area contributed by atoms with Crippen molar-refractivity contribution in [2.75, 3.05) is 0 Å². The first kappa shape index (κ1) is 17.5. The van der Waals surface area contributed by atoms with Gasteiger partial charge in [-0.05, 0) is 29.8 Å². The van der Waals surface area contributed by atoms with E-state index in [0.717, 1.165) is 4.90 Å². The lowest BCUT2D eigenvalue weighted by atomic mass is 10.1. The molecule has 3 rings (SSSR count). The predicted molar refractivity (Wildman–Crippen MR) is 90.0 cm³/mol. The molecule has 1 aromatic heterocycles. The van der Waals surface area contributed by atoms with Gasteiger partial charge in [-0.25, -0.2) is 9.18 Å². The first-order valence-electron chi connectivity index (χ1n) is 8.06. The van der Waals surface area contributed by atoms with Crippen molar-refractivity contribution in [2.24, 2.45) is 0 Å². The number of pyridine rings is 1. The summed E-state index contributed by atoms with van der Waals surface area (Å²) in [5.41, 5.74) is 1.18. The van der Waals surface area contributed by atoms with Gasteiger partial charge >= 0.3 is 6.03 Å². The number of aromatic nitrogens is 1. The highest BCUT2D eigenvalue weighted by Gasteiger charge is 2.38. The van der Waals surface area contributed by atoms with Gasteiger partial charge in [-0.15, -0.1) is 0 Å². The van der Waals surface area contributed by atoms with Crippen LogP contribution in [0.1, 0.15) is 17.7 Å². The molecular formula is C18H17FN4O3. The summed E-state index contributed by atoms with van der Waals surface area (Å²) in [6, 6.07) is 9.48. The molecule has 1 fully saturated rings. The molecule has 1 saturated heterocycles. The van der Waals surface area contributed by atoms with Crippen LogP contribution >= 0.6 is 0 Å². The Labute approximate surface area is 149 Å². The molecule has 1 aliphatic rings. The van der Waals surface area contributed by atoms with E-state index in [2.05, 4.69) is 15.6 Å². The van der Waals surface area contributed by atoms with E-state index in [0.29, 0.717) is 11.3 Å². The number of amides is 4. The van der Waals surface area contributed by atoms with Gasteiger partial charge in [0.1, 0.15) is 11.9 Å². The SMILES string of the molecule is O=C(C[C@@H]1NC(=O)N(Cc2cccc(F)c2)C1=O)NCc1ccccn1. The number of carbonyl (C=O) groups is 3. The summed E-state index contributed by atoms with van der Waals surface area (Å²) in [5, 5.41) is 5.15. The highest BCUT2D eigenvalue weighted by molar-refractivity contribution is 6.05. The topological polar surface area (TPSA) is 91.4 Å². The number of nitrogens with zero attached hydrogens (tertiary/aromatic N) is 2. The van der Waals surface area contributed by atoms with Crippen LogP contribution in [0.25, 0.3) is 0 Å². The van der Waals surface area contributed by atoms with Crippen LogP contribution in [0.3, 0.4) is 0 Å². The Morgan fingerprint density at radius 2 is 2.08 bits per heavy atom. The van der Waals surface area contributed by atoms with E-state index in [1.165, 1.54) is 18.2 Å². The van der Waals surface area contributed by atoms with Crippen LogP contribution in [0.2, 0.25) is 0 Å². The smallest absolute Gasteiger partial charge is 0.325 e. The molecule has 2 aromatic rings. The summed E-state index contributed by atoms with van der Waals surface area (Å²) in [5.74, 6) is -1.32. The summed E-state index contributed by atoms with van der Waals surface area (Å²) in [7, 11) is 0. The number of urea groups is 1. The Kier molecular flexibility index (Phi) is 5.21. The molecule has 1 atom stereocenters. The largest absolute Gasteiger partial charge is 0.350 e. The number of nitrogens with one attached hydrogen (secondary N) is 2. The molecule has 8 heteroatoms. The van der Waals surface area contributed by atoms with Crippen molar-refractivity contribution in [2.45, 2.75) is 25.6 Å². The Morgan fingerprint density at radius 1 is 1.23 bits per heavy atom. The fourth-order valence-corrected chi connectivity index (χ4v) is 2.63. The summed E-state index contributed by atoms with van der Waals surface area (Å²) < 4.78 is 13.2. The average molecular weight is 356 g/mol. The molecule has 134 valence electrons. The van der Waals surface area contributed by atoms with Gasteiger partial charge in [0.05, 0.1) is 25.2 Å². The van der Waals surface area contributed by atoms with Crippen molar-refractivity contribution in [1.29, 1.82) is 0 Å². The lowest BCUT2D eigenvalue weighted by Crippen LogP contribution is -2.36. The molecule has 4 amide bonds. The van der Waals surface area contributed by atoms with Crippen molar-refractivity contribution >= 4 is 17.8 Å². The monoisotopic (exact) mass is 356 g/mol. The van der Waals surface area contributed by atoms with Gasteiger partial charge < -0.3 is 10.6 Å². The zero-order chi connectivity index (χ0) is 18.5. The zero-order valence-electron chi connectivity index (χ0n) is 13.8. The Morgan fingerprint density at radius 3 is 2.81 bits per heavy atom. The number of imide groups is 1. The molecule has 0 bridgehead atoms.